The molecule has 162 valence electrons. The van der Waals surface area contributed by atoms with E-state index in [9.17, 15) is 39.9 Å². The lowest BCUT2D eigenvalue weighted by Crippen LogP contribution is -2.35. The second kappa shape index (κ2) is 7.03. The number of carbonyl (C=O) groups excluding carboxylic acids is 1. The summed E-state index contributed by atoms with van der Waals surface area (Å²) in [7, 11) is 0. The Morgan fingerprint density at radius 3 is 2.27 bits per heavy atom. The van der Waals surface area contributed by atoms with Gasteiger partial charge in [-0.15, -0.1) is 0 Å². The molecule has 5 nitrogen and oxygen atoms in total. The number of ether oxygens (including phenoxy) is 1. The van der Waals surface area contributed by atoms with Crippen LogP contribution in [-0.2, 0) is 16.8 Å². The van der Waals surface area contributed by atoms with Crippen molar-refractivity contribution in [2.45, 2.75) is 25.2 Å². The van der Waals surface area contributed by atoms with Crippen LogP contribution in [0, 0.1) is 0 Å². The van der Waals surface area contributed by atoms with E-state index in [0.29, 0.717) is 4.40 Å². The van der Waals surface area contributed by atoms with Gasteiger partial charge in [0.1, 0.15) is 17.0 Å². The van der Waals surface area contributed by atoms with Gasteiger partial charge in [-0.1, -0.05) is 0 Å². The smallest absolute Gasteiger partial charge is 0.459 e. The maximum atomic E-state index is 13.8. The third kappa shape index (κ3) is 3.56. The van der Waals surface area contributed by atoms with Gasteiger partial charge in [0.25, 0.3) is 0 Å². The summed E-state index contributed by atoms with van der Waals surface area (Å²) in [6, 6.07) is 0.680. The third-order valence-corrected chi connectivity index (χ3v) is 4.55. The first-order valence-electron chi connectivity index (χ1n) is 7.90. The maximum Gasteiger partial charge on any atom is 0.459 e. The number of imidazole rings is 1. The predicted octanol–water partition coefficient (Wildman–Crippen LogP) is 5.49. The highest BCUT2D eigenvalue weighted by Gasteiger charge is 2.60. The molecule has 0 unspecified atom stereocenters. The first kappa shape index (κ1) is 22.2. The van der Waals surface area contributed by atoms with Gasteiger partial charge in [0, 0.05) is 16.1 Å². The minimum atomic E-state index is -6.19. The lowest BCUT2D eigenvalue weighted by atomic mass is 10.1. The molecule has 14 heteroatoms. The highest BCUT2D eigenvalue weighted by molar-refractivity contribution is 9.10. The monoisotopic (exact) mass is 505 g/mol. The van der Waals surface area contributed by atoms with Crippen molar-refractivity contribution >= 4 is 38.6 Å². The molecule has 3 heterocycles. The molecule has 0 aliphatic carbocycles. The number of rotatable bonds is 3. The molecule has 0 saturated carbocycles. The van der Waals surface area contributed by atoms with Gasteiger partial charge >= 0.3 is 24.2 Å². The zero-order valence-corrected chi connectivity index (χ0v) is 16.1. The molecule has 0 aromatic carbocycles. The summed E-state index contributed by atoms with van der Waals surface area (Å²) in [6.07, 6.45) is -10.6. The fourth-order valence-corrected chi connectivity index (χ4v) is 3.22. The van der Waals surface area contributed by atoms with Crippen LogP contribution in [0.4, 0.5) is 35.1 Å². The number of fused-ring (bicyclic) bond motifs is 3. The summed E-state index contributed by atoms with van der Waals surface area (Å²) < 4.78 is 112. The normalized spacial score (nSPS) is 13.3. The van der Waals surface area contributed by atoms with Crippen LogP contribution in [-0.4, -0.2) is 33.1 Å². The molecular formula is C16H8BrF8N3O2. The minimum Gasteiger partial charge on any atom is -0.461 e. The number of hydrogen-bond donors (Lipinski definition) is 0. The van der Waals surface area contributed by atoms with Gasteiger partial charge in [-0.05, 0) is 35.0 Å². The van der Waals surface area contributed by atoms with Crippen LogP contribution in [0.1, 0.15) is 28.7 Å². The van der Waals surface area contributed by atoms with Gasteiger partial charge in [0.2, 0.25) is 0 Å². The number of aromatic nitrogens is 3. The van der Waals surface area contributed by atoms with Gasteiger partial charge in [-0.2, -0.15) is 35.1 Å². The van der Waals surface area contributed by atoms with Gasteiger partial charge in [-0.25, -0.2) is 14.8 Å². The second-order valence-electron chi connectivity index (χ2n) is 5.89. The Bertz CT molecular complexity index is 1150. The van der Waals surface area contributed by atoms with Gasteiger partial charge < -0.3 is 4.74 Å². The van der Waals surface area contributed by atoms with E-state index in [4.69, 9.17) is 4.74 Å². The fraction of sp³-hybridized carbons (Fsp3) is 0.312. The SMILES string of the molecule is CCOC(=O)c1cn2c(cc(Br)c3c(C(F)(F)F)cc(C(F)(F)C(F)(F)F)nc32)n1. The van der Waals surface area contributed by atoms with Gasteiger partial charge in [-0.3, -0.25) is 4.40 Å². The number of halogens is 9. The molecule has 30 heavy (non-hydrogen) atoms. The van der Waals surface area contributed by atoms with E-state index >= 15 is 0 Å². The quantitative estimate of drug-likeness (QED) is 0.348. The lowest BCUT2D eigenvalue weighted by molar-refractivity contribution is -0.291. The van der Waals surface area contributed by atoms with Gasteiger partial charge in [0.15, 0.2) is 5.69 Å². The highest BCUT2D eigenvalue weighted by atomic mass is 79.9. The standard InChI is InChI=1S/C16H8BrF8N3O2/c1-2-30-13(29)8-5-28-10(26-8)4-7(17)11-6(15(20,21)22)3-9(27-12(11)28)14(18,19)16(23,24)25/h3-5H,2H2,1H3. The number of nitrogens with zero attached hydrogens (tertiary/aromatic N) is 3. The summed E-state index contributed by atoms with van der Waals surface area (Å²) in [6.45, 7) is 1.41. The molecule has 3 rings (SSSR count). The Morgan fingerprint density at radius 1 is 1.10 bits per heavy atom. The second-order valence-corrected chi connectivity index (χ2v) is 6.75. The summed E-state index contributed by atoms with van der Waals surface area (Å²) in [5.74, 6) is -6.64. The van der Waals surface area contributed by atoms with Crippen LogP contribution in [0.5, 0.6) is 0 Å². The minimum absolute atomic E-state index is 0.0599. The Balaban J connectivity index is 2.45. The van der Waals surface area contributed by atoms with E-state index in [0.717, 1.165) is 12.3 Å². The van der Waals surface area contributed by atoms with Crippen LogP contribution in [0.25, 0.3) is 16.7 Å². The molecule has 0 radical (unpaired) electrons. The van der Waals surface area contributed by atoms with Crippen molar-refractivity contribution in [3.63, 3.8) is 0 Å². The zero-order chi connectivity index (χ0) is 22.6. The number of esters is 1. The largest absolute Gasteiger partial charge is 0.461 e. The molecule has 0 N–H and O–H groups in total. The summed E-state index contributed by atoms with van der Waals surface area (Å²) in [5, 5.41) is -0.787. The molecule has 0 saturated heterocycles. The Hall–Kier alpha value is -2.51. The lowest BCUT2D eigenvalue weighted by Gasteiger charge is -2.21. The van der Waals surface area contributed by atoms with Crippen molar-refractivity contribution in [2.75, 3.05) is 6.61 Å². The average molecular weight is 506 g/mol. The molecule has 0 aliphatic rings. The zero-order valence-electron chi connectivity index (χ0n) is 14.5. The molecule has 0 amide bonds. The Kier molecular flexibility index (Phi) is 5.20. The molecule has 0 spiro atoms. The van der Waals surface area contributed by atoms with Crippen LogP contribution < -0.4 is 0 Å². The number of pyridine rings is 2. The highest BCUT2D eigenvalue weighted by Crippen LogP contribution is 2.46. The van der Waals surface area contributed by atoms with Crippen molar-refractivity contribution in [2.24, 2.45) is 0 Å². The summed E-state index contributed by atoms with van der Waals surface area (Å²) in [4.78, 5) is 18.8. The van der Waals surface area contributed by atoms with Gasteiger partial charge in [0.05, 0.1) is 12.2 Å². The van der Waals surface area contributed by atoms with E-state index in [1.165, 1.54) is 6.92 Å². The van der Waals surface area contributed by atoms with E-state index in [-0.39, 0.29) is 22.8 Å². The van der Waals surface area contributed by atoms with Crippen LogP contribution in [0.3, 0.4) is 0 Å². The van der Waals surface area contributed by atoms with E-state index < -0.39 is 52.2 Å². The van der Waals surface area contributed by atoms with E-state index in [1.807, 2.05) is 0 Å². The number of hydrogen-bond acceptors (Lipinski definition) is 4. The topological polar surface area (TPSA) is 56.5 Å². The molecule has 0 atom stereocenters. The molecular weight excluding hydrogens is 498 g/mol. The van der Waals surface area contributed by atoms with Crippen molar-refractivity contribution < 1.29 is 44.7 Å². The van der Waals surface area contributed by atoms with Crippen molar-refractivity contribution in [3.05, 3.63) is 39.8 Å². The Morgan fingerprint density at radius 2 is 1.73 bits per heavy atom. The first-order chi connectivity index (χ1) is 13.7. The van der Waals surface area contributed by atoms with Crippen molar-refractivity contribution in [3.8, 4) is 0 Å². The average Bonchev–Trinajstić information content (AvgIpc) is 3.03. The van der Waals surface area contributed by atoms with Crippen molar-refractivity contribution in [1.29, 1.82) is 0 Å². The Labute approximate surface area is 169 Å². The summed E-state index contributed by atoms with van der Waals surface area (Å²) >= 11 is 2.83. The first-order valence-corrected chi connectivity index (χ1v) is 8.69. The number of carbonyl (C=O) groups is 1. The van der Waals surface area contributed by atoms with Crippen molar-refractivity contribution in [1.82, 2.24) is 14.4 Å². The molecule has 3 aromatic rings. The molecule has 0 fully saturated rings. The molecule has 0 aliphatic heterocycles. The van der Waals surface area contributed by atoms with Crippen LogP contribution >= 0.6 is 15.9 Å². The maximum absolute atomic E-state index is 13.8. The van der Waals surface area contributed by atoms with E-state index in [2.05, 4.69) is 25.9 Å². The van der Waals surface area contributed by atoms with E-state index in [1.54, 1.807) is 0 Å². The van der Waals surface area contributed by atoms with Crippen LogP contribution in [0.2, 0.25) is 0 Å². The van der Waals surface area contributed by atoms with Crippen LogP contribution in [0.15, 0.2) is 22.8 Å². The third-order valence-electron chi connectivity index (χ3n) is 3.92. The number of alkyl halides is 8. The molecule has 0 bridgehead atoms. The summed E-state index contributed by atoms with van der Waals surface area (Å²) in [5.41, 5.74) is -5.46. The fourth-order valence-electron chi connectivity index (χ4n) is 2.63. The predicted molar refractivity (Wildman–Crippen MR) is 89.1 cm³/mol. The molecule has 3 aromatic heterocycles.